The second kappa shape index (κ2) is 14.2. The van der Waals surface area contributed by atoms with Crippen LogP contribution < -0.4 is 14.4 Å². The summed E-state index contributed by atoms with van der Waals surface area (Å²) in [5, 5.41) is 20.3. The van der Waals surface area contributed by atoms with E-state index in [1.54, 1.807) is 0 Å². The Hall–Kier alpha value is -4.97. The van der Waals surface area contributed by atoms with Gasteiger partial charge in [0, 0.05) is 82.1 Å². The highest BCUT2D eigenvalue weighted by Gasteiger charge is 2.41. The molecular weight excluding hydrogens is 639 g/mol. The van der Waals surface area contributed by atoms with Crippen LogP contribution in [0.4, 0.5) is 22.7 Å². The summed E-state index contributed by atoms with van der Waals surface area (Å²) in [7, 11) is 0. The molecule has 4 aromatic carbocycles. The molecule has 4 aromatic rings. The van der Waals surface area contributed by atoms with Crippen molar-refractivity contribution in [1.29, 1.82) is 0 Å². The first-order valence-electron chi connectivity index (χ1n) is 18.7. The molecule has 5 heteroatoms. The van der Waals surface area contributed by atoms with E-state index in [-0.39, 0.29) is 24.0 Å². The minimum Gasteiger partial charge on any atom is -0.395 e. The van der Waals surface area contributed by atoms with E-state index in [0.29, 0.717) is 13.1 Å². The van der Waals surface area contributed by atoms with Crippen molar-refractivity contribution in [1.82, 2.24) is 4.58 Å². The third-order valence-corrected chi connectivity index (χ3v) is 11.2. The summed E-state index contributed by atoms with van der Waals surface area (Å²) in [6.07, 6.45) is 11.1. The highest BCUT2D eigenvalue weighted by Crippen LogP contribution is 2.49. The van der Waals surface area contributed by atoms with Crippen molar-refractivity contribution in [3.05, 3.63) is 166 Å². The van der Waals surface area contributed by atoms with Crippen molar-refractivity contribution in [2.75, 3.05) is 36.1 Å². The van der Waals surface area contributed by atoms with Gasteiger partial charge in [0.05, 0.1) is 13.2 Å². The number of allylic oxidation sites excluding steroid dienone is 8. The smallest absolute Gasteiger partial charge is 0.218 e. The Morgan fingerprint density at radius 2 is 0.981 bits per heavy atom. The average molecular weight is 691 g/mol. The normalized spacial score (nSPS) is 20.4. The quantitative estimate of drug-likeness (QED) is 0.181. The molecule has 1 aliphatic carbocycles. The van der Waals surface area contributed by atoms with Gasteiger partial charge in [0.1, 0.15) is 0 Å². The van der Waals surface area contributed by atoms with Crippen LogP contribution in [0.1, 0.15) is 62.8 Å². The van der Waals surface area contributed by atoms with E-state index in [0.717, 1.165) is 24.2 Å². The summed E-state index contributed by atoms with van der Waals surface area (Å²) in [5.41, 5.74) is 15.4. The second-order valence-electron chi connectivity index (χ2n) is 15.4. The summed E-state index contributed by atoms with van der Waals surface area (Å²) < 4.78 is 2.41. The lowest BCUT2D eigenvalue weighted by Crippen LogP contribution is -2.28. The molecule has 2 aliphatic heterocycles. The van der Waals surface area contributed by atoms with Crippen LogP contribution in [0.15, 0.2) is 144 Å². The summed E-state index contributed by atoms with van der Waals surface area (Å²) in [6.45, 7) is 14.7. The van der Waals surface area contributed by atoms with Gasteiger partial charge in [-0.15, -0.1) is 0 Å². The Bertz CT molecular complexity index is 1980. The maximum atomic E-state index is 10.2. The molecule has 2 N–H and O–H groups in total. The molecule has 0 unspecified atom stereocenters. The van der Waals surface area contributed by atoms with Crippen molar-refractivity contribution in [2.24, 2.45) is 0 Å². The average Bonchev–Trinajstić information content (AvgIpc) is 3.69. The molecule has 0 saturated heterocycles. The van der Waals surface area contributed by atoms with Gasteiger partial charge in [-0.3, -0.25) is 0 Å². The lowest BCUT2D eigenvalue weighted by Gasteiger charge is -2.26. The van der Waals surface area contributed by atoms with E-state index in [2.05, 4.69) is 177 Å². The van der Waals surface area contributed by atoms with Gasteiger partial charge in [-0.25, -0.2) is 0 Å². The number of aryl methyl sites for hydroxylation is 2. The number of anilines is 2. The first-order valence-corrected chi connectivity index (χ1v) is 18.7. The molecule has 2 heterocycles. The fourth-order valence-electron chi connectivity index (χ4n) is 8.50. The lowest BCUT2D eigenvalue weighted by atomic mass is 9.83. The topological polar surface area (TPSA) is 50.0 Å². The van der Waals surface area contributed by atoms with Gasteiger partial charge in [-0.2, -0.15) is 4.58 Å². The highest BCUT2D eigenvalue weighted by molar-refractivity contribution is 6.17. The summed E-state index contributed by atoms with van der Waals surface area (Å²) in [4.78, 5) is 4.59. The molecule has 0 radical (unpaired) electrons. The Labute approximate surface area is 309 Å². The molecular formula is C47H52N3O2+. The maximum absolute atomic E-state index is 10.2. The molecule has 0 amide bonds. The van der Waals surface area contributed by atoms with E-state index in [1.807, 2.05) is 0 Å². The van der Waals surface area contributed by atoms with E-state index in [9.17, 15) is 10.2 Å². The van der Waals surface area contributed by atoms with Crippen molar-refractivity contribution >= 4 is 28.5 Å². The van der Waals surface area contributed by atoms with Crippen LogP contribution in [-0.2, 0) is 10.8 Å². The Balaban J connectivity index is 1.42. The summed E-state index contributed by atoms with van der Waals surface area (Å²) >= 11 is 0. The maximum Gasteiger partial charge on any atom is 0.218 e. The van der Waals surface area contributed by atoms with Gasteiger partial charge in [0.15, 0.2) is 0 Å². The molecule has 5 nitrogen and oxygen atoms in total. The zero-order valence-electron chi connectivity index (χ0n) is 31.5. The molecule has 1 fully saturated rings. The van der Waals surface area contributed by atoms with Crippen molar-refractivity contribution in [2.45, 2.75) is 65.2 Å². The van der Waals surface area contributed by atoms with E-state index in [1.165, 1.54) is 61.9 Å². The summed E-state index contributed by atoms with van der Waals surface area (Å²) in [5.74, 6) is 0. The van der Waals surface area contributed by atoms with Crippen molar-refractivity contribution in [3.8, 4) is 0 Å². The zero-order valence-corrected chi connectivity index (χ0v) is 31.5. The third-order valence-electron chi connectivity index (χ3n) is 11.2. The molecule has 7 rings (SSSR count). The number of fused-ring (bicyclic) bond motifs is 2. The third kappa shape index (κ3) is 6.27. The monoisotopic (exact) mass is 690 g/mol. The summed E-state index contributed by atoms with van der Waals surface area (Å²) in [6, 6.07) is 34.7. The van der Waals surface area contributed by atoms with E-state index < -0.39 is 0 Å². The molecule has 266 valence electrons. The number of para-hydroxylation sites is 2. The highest BCUT2D eigenvalue weighted by atomic mass is 16.3. The minimum absolute atomic E-state index is 0.0825. The second-order valence-corrected chi connectivity index (χ2v) is 15.4. The predicted molar refractivity (Wildman–Crippen MR) is 218 cm³/mol. The van der Waals surface area contributed by atoms with Crippen molar-refractivity contribution in [3.63, 3.8) is 0 Å². The molecule has 0 spiro atoms. The SMILES string of the molecule is Cc1ccc2c(c1)C(C)(C)C(=CC=C1CC/C(=C\C=C3\N(CCO)c4ccc(C)cc4C3(C)C)C1=[N+](c1ccccc1)c1ccccc1)N2CCO. The lowest BCUT2D eigenvalue weighted by molar-refractivity contribution is 0.303. The number of benzene rings is 4. The van der Waals surface area contributed by atoms with Crippen LogP contribution in [0.5, 0.6) is 0 Å². The van der Waals surface area contributed by atoms with E-state index >= 15 is 0 Å². The van der Waals surface area contributed by atoms with Crippen LogP contribution in [0.2, 0.25) is 0 Å². The standard InChI is InChI=1S/C47H52N3O2/c1-33-17-23-41-39(31-33)46(3,4)43(48(41)27-29-51)25-21-35-19-20-36(45(35)50(37-13-9-7-10-14-37)38-15-11-8-12-16-38)22-26-44-47(5,6)40-32-34(2)18-24-42(40)49(44)28-30-52/h7-18,21-26,31-32,51-52H,19-20,27-30H2,1-6H3/q+1. The Kier molecular flexibility index (Phi) is 9.69. The largest absolute Gasteiger partial charge is 0.395 e. The van der Waals surface area contributed by atoms with Crippen LogP contribution in [0.3, 0.4) is 0 Å². The number of hydrogen-bond donors (Lipinski definition) is 2. The number of hydrogen-bond acceptors (Lipinski definition) is 4. The van der Waals surface area contributed by atoms with Crippen LogP contribution >= 0.6 is 0 Å². The molecule has 0 bridgehead atoms. The predicted octanol–water partition coefficient (Wildman–Crippen LogP) is 9.57. The first-order chi connectivity index (χ1) is 25.1. The fourth-order valence-corrected chi connectivity index (χ4v) is 8.50. The number of β-amino-alcohol motifs (C(OH)–C–C–N with tert-alkyl or cyclic N) is 2. The van der Waals surface area contributed by atoms with Crippen molar-refractivity contribution < 1.29 is 10.2 Å². The molecule has 3 aliphatic rings. The Morgan fingerprint density at radius 3 is 1.37 bits per heavy atom. The van der Waals surface area contributed by atoms with E-state index in [4.69, 9.17) is 0 Å². The van der Waals surface area contributed by atoms with Gasteiger partial charge >= 0.3 is 0 Å². The molecule has 0 atom stereocenters. The fraction of sp³-hybridized carbons (Fsp3) is 0.298. The van der Waals surface area contributed by atoms with Crippen LogP contribution in [0.25, 0.3) is 0 Å². The molecule has 0 aromatic heterocycles. The van der Waals surface area contributed by atoms with Gasteiger partial charge in [-0.05, 0) is 62.1 Å². The number of nitrogens with zero attached hydrogens (tertiary/aromatic N) is 3. The first kappa shape index (κ1) is 35.4. The number of rotatable bonds is 8. The van der Waals surface area contributed by atoms with Gasteiger partial charge in [-0.1, -0.05) is 112 Å². The number of aliphatic hydroxyl groups is 2. The molecule has 52 heavy (non-hydrogen) atoms. The van der Waals surface area contributed by atoms with Gasteiger partial charge < -0.3 is 20.0 Å². The minimum atomic E-state index is -0.217. The Morgan fingerprint density at radius 1 is 0.577 bits per heavy atom. The van der Waals surface area contributed by atoms with Gasteiger partial charge in [0.25, 0.3) is 0 Å². The zero-order chi connectivity index (χ0) is 36.6. The van der Waals surface area contributed by atoms with Crippen LogP contribution in [0, 0.1) is 13.8 Å². The number of aliphatic hydroxyl groups excluding tert-OH is 2. The molecule has 1 saturated carbocycles. The van der Waals surface area contributed by atoms with Crippen LogP contribution in [-0.4, -0.2) is 42.2 Å². The van der Waals surface area contributed by atoms with Gasteiger partial charge in [0.2, 0.25) is 17.1 Å².